The van der Waals surface area contributed by atoms with Gasteiger partial charge in [-0.25, -0.2) is 4.79 Å². The first-order valence-corrected chi connectivity index (χ1v) is 5.74. The first-order chi connectivity index (χ1) is 9.24. The molecule has 0 spiro atoms. The van der Waals surface area contributed by atoms with Crippen LogP contribution in [0.1, 0.15) is 23.0 Å². The van der Waals surface area contributed by atoms with Gasteiger partial charge in [0.2, 0.25) is 0 Å². The van der Waals surface area contributed by atoms with Crippen molar-refractivity contribution in [3.8, 4) is 11.8 Å². The van der Waals surface area contributed by atoms with Crippen molar-refractivity contribution in [2.45, 2.75) is 13.5 Å². The summed E-state index contributed by atoms with van der Waals surface area (Å²) in [5.74, 6) is -0.154. The molecule has 1 aromatic carbocycles. The number of esters is 1. The monoisotopic (exact) mass is 263 g/mol. The zero-order valence-corrected chi connectivity index (χ0v) is 10.3. The highest BCUT2D eigenvalue weighted by atomic mass is 16.6. The third kappa shape index (κ3) is 3.11. The molecule has 1 aromatic heterocycles. The Balaban J connectivity index is 2.13. The summed E-state index contributed by atoms with van der Waals surface area (Å²) in [6.07, 6.45) is 1.08. The Morgan fingerprint density at radius 1 is 1.42 bits per heavy atom. The lowest BCUT2D eigenvalue weighted by atomic mass is 10.2. The molecule has 0 atom stereocenters. The van der Waals surface area contributed by atoms with E-state index >= 15 is 0 Å². The van der Waals surface area contributed by atoms with Crippen LogP contribution in [-0.4, -0.2) is 22.7 Å². The van der Waals surface area contributed by atoms with Crippen molar-refractivity contribution in [3.63, 3.8) is 0 Å². The number of aliphatic hydroxyl groups is 1. The number of hydrogen-bond acceptors (Lipinski definition) is 6. The summed E-state index contributed by atoms with van der Waals surface area (Å²) in [7, 11) is 0. The minimum atomic E-state index is -0.573. The lowest BCUT2D eigenvalue weighted by Crippen LogP contribution is -2.04. The van der Waals surface area contributed by atoms with E-state index in [2.05, 4.69) is 4.98 Å². The number of carbonyl (C=O) groups excluding carboxylic acids is 1. The number of oxazole rings is 1. The first kappa shape index (κ1) is 13.1. The van der Waals surface area contributed by atoms with Crippen LogP contribution in [0.15, 0.2) is 34.9 Å². The van der Waals surface area contributed by atoms with Gasteiger partial charge in [-0.3, -0.25) is 0 Å². The van der Waals surface area contributed by atoms with E-state index in [1.165, 1.54) is 0 Å². The molecule has 0 saturated heterocycles. The van der Waals surface area contributed by atoms with E-state index < -0.39 is 5.97 Å². The Bertz CT molecular complexity index is 564. The summed E-state index contributed by atoms with van der Waals surface area (Å²) >= 11 is 0. The molecule has 0 bridgehead atoms. The molecule has 0 unspecified atom stereocenters. The molecule has 1 heterocycles. The van der Waals surface area contributed by atoms with E-state index in [1.54, 1.807) is 31.2 Å². The van der Waals surface area contributed by atoms with Crippen LogP contribution >= 0.6 is 0 Å². The second kappa shape index (κ2) is 6.01. The van der Waals surface area contributed by atoms with Gasteiger partial charge in [0.25, 0.3) is 0 Å². The van der Waals surface area contributed by atoms with Crippen LogP contribution in [-0.2, 0) is 11.3 Å². The summed E-state index contributed by atoms with van der Waals surface area (Å²) in [4.78, 5) is 15.2. The molecule has 100 valence electrons. The fourth-order valence-electron chi connectivity index (χ4n) is 1.43. The highest BCUT2D eigenvalue weighted by molar-refractivity contribution is 5.86. The van der Waals surface area contributed by atoms with Gasteiger partial charge in [-0.05, 0) is 13.0 Å². The van der Waals surface area contributed by atoms with Gasteiger partial charge in [0.05, 0.1) is 13.2 Å². The summed E-state index contributed by atoms with van der Waals surface area (Å²) in [6, 6.07) is 6.91. The molecule has 0 aliphatic heterocycles. The van der Waals surface area contributed by atoms with Crippen molar-refractivity contribution in [3.05, 3.63) is 41.8 Å². The number of aliphatic hydroxyl groups excluding tert-OH is 1. The number of benzene rings is 1. The average molecular weight is 263 g/mol. The van der Waals surface area contributed by atoms with Gasteiger partial charge in [-0.1, -0.05) is 18.2 Å². The largest absolute Gasteiger partial charge is 0.461 e. The van der Waals surface area contributed by atoms with Crippen LogP contribution < -0.4 is 4.74 Å². The van der Waals surface area contributed by atoms with E-state index in [4.69, 9.17) is 19.0 Å². The Kier molecular flexibility index (Phi) is 4.15. The molecule has 2 rings (SSSR count). The molecule has 19 heavy (non-hydrogen) atoms. The SMILES string of the molecule is CCOC(=O)c1coc(Oc2ccccc2CO)n1. The molecule has 6 nitrogen and oxygen atoms in total. The van der Waals surface area contributed by atoms with Gasteiger partial charge < -0.3 is 19.0 Å². The minimum absolute atomic E-state index is 0.0401. The quantitative estimate of drug-likeness (QED) is 0.832. The van der Waals surface area contributed by atoms with E-state index in [0.717, 1.165) is 6.26 Å². The molecule has 0 saturated carbocycles. The predicted molar refractivity (Wildman–Crippen MR) is 64.9 cm³/mol. The number of nitrogens with zero attached hydrogens (tertiary/aromatic N) is 1. The van der Waals surface area contributed by atoms with Gasteiger partial charge in [0, 0.05) is 5.56 Å². The Morgan fingerprint density at radius 3 is 2.95 bits per heavy atom. The molecular formula is C13H13NO5. The molecular weight excluding hydrogens is 250 g/mol. The summed E-state index contributed by atoms with van der Waals surface area (Å²) < 4.78 is 15.2. The summed E-state index contributed by atoms with van der Waals surface area (Å²) in [6.45, 7) is 1.80. The lowest BCUT2D eigenvalue weighted by Gasteiger charge is -2.04. The van der Waals surface area contributed by atoms with Crippen molar-refractivity contribution in [1.29, 1.82) is 0 Å². The van der Waals surface area contributed by atoms with Crippen LogP contribution in [0.25, 0.3) is 0 Å². The molecule has 0 aliphatic rings. The average Bonchev–Trinajstić information content (AvgIpc) is 2.88. The molecule has 0 fully saturated rings. The fourth-order valence-corrected chi connectivity index (χ4v) is 1.43. The van der Waals surface area contributed by atoms with Crippen LogP contribution in [0.3, 0.4) is 0 Å². The van der Waals surface area contributed by atoms with Gasteiger partial charge >= 0.3 is 12.0 Å². The highest BCUT2D eigenvalue weighted by Gasteiger charge is 2.15. The molecule has 0 amide bonds. The smallest absolute Gasteiger partial charge is 0.399 e. The van der Waals surface area contributed by atoms with Crippen LogP contribution in [0.4, 0.5) is 0 Å². The maximum absolute atomic E-state index is 11.4. The maximum atomic E-state index is 11.4. The summed E-state index contributed by atoms with van der Waals surface area (Å²) in [5, 5.41) is 9.15. The van der Waals surface area contributed by atoms with Gasteiger partial charge in [0.15, 0.2) is 5.69 Å². The van der Waals surface area contributed by atoms with Gasteiger partial charge in [-0.2, -0.15) is 4.98 Å². The van der Waals surface area contributed by atoms with Gasteiger partial charge in [-0.15, -0.1) is 0 Å². The third-order valence-electron chi connectivity index (χ3n) is 2.31. The second-order valence-corrected chi connectivity index (χ2v) is 3.59. The zero-order valence-electron chi connectivity index (χ0n) is 10.3. The van der Waals surface area contributed by atoms with E-state index in [-0.39, 0.29) is 25.0 Å². The topological polar surface area (TPSA) is 81.8 Å². The van der Waals surface area contributed by atoms with Crippen molar-refractivity contribution in [2.24, 2.45) is 0 Å². The zero-order chi connectivity index (χ0) is 13.7. The van der Waals surface area contributed by atoms with Gasteiger partial charge in [0.1, 0.15) is 12.0 Å². The Labute approximate surface area is 109 Å². The Hall–Kier alpha value is -2.34. The van der Waals surface area contributed by atoms with Crippen LogP contribution in [0.2, 0.25) is 0 Å². The van der Waals surface area contributed by atoms with Crippen molar-refractivity contribution >= 4 is 5.97 Å². The molecule has 1 N–H and O–H groups in total. The number of aromatic nitrogens is 1. The third-order valence-corrected chi connectivity index (χ3v) is 2.31. The standard InChI is InChI=1S/C13H13NO5/c1-2-17-12(16)10-8-18-13(14-10)19-11-6-4-3-5-9(11)7-15/h3-6,8,15H,2,7H2,1H3. The fraction of sp³-hybridized carbons (Fsp3) is 0.231. The van der Waals surface area contributed by atoms with E-state index in [1.807, 2.05) is 0 Å². The van der Waals surface area contributed by atoms with Crippen molar-refractivity contribution in [2.75, 3.05) is 6.61 Å². The van der Waals surface area contributed by atoms with E-state index in [0.29, 0.717) is 11.3 Å². The Morgan fingerprint density at radius 2 is 2.21 bits per heavy atom. The van der Waals surface area contributed by atoms with Crippen molar-refractivity contribution in [1.82, 2.24) is 4.98 Å². The number of rotatable bonds is 5. The number of para-hydroxylation sites is 1. The van der Waals surface area contributed by atoms with Crippen LogP contribution in [0.5, 0.6) is 11.8 Å². The molecule has 0 aliphatic carbocycles. The molecule has 0 radical (unpaired) electrons. The van der Waals surface area contributed by atoms with E-state index in [9.17, 15) is 4.79 Å². The normalized spacial score (nSPS) is 10.2. The molecule has 6 heteroatoms. The predicted octanol–water partition coefficient (Wildman–Crippen LogP) is 2.14. The number of carbonyl (C=O) groups is 1. The first-order valence-electron chi connectivity index (χ1n) is 5.74. The number of hydrogen-bond donors (Lipinski definition) is 1. The lowest BCUT2D eigenvalue weighted by molar-refractivity contribution is 0.0519. The molecule has 2 aromatic rings. The van der Waals surface area contributed by atoms with Crippen LogP contribution in [0, 0.1) is 0 Å². The number of ether oxygens (including phenoxy) is 2. The maximum Gasteiger partial charge on any atom is 0.399 e. The highest BCUT2D eigenvalue weighted by Crippen LogP contribution is 2.24. The second-order valence-electron chi connectivity index (χ2n) is 3.59. The summed E-state index contributed by atoms with van der Waals surface area (Å²) in [5.41, 5.74) is 0.636. The van der Waals surface area contributed by atoms with Crippen molar-refractivity contribution < 1.29 is 23.8 Å². The minimum Gasteiger partial charge on any atom is -0.461 e.